The minimum absolute atomic E-state index is 0.186. The summed E-state index contributed by atoms with van der Waals surface area (Å²) < 4.78 is 0. The Labute approximate surface area is 100 Å². The van der Waals surface area contributed by atoms with E-state index in [0.717, 1.165) is 32.5 Å². The van der Waals surface area contributed by atoms with E-state index in [1.807, 2.05) is 0 Å². The topological polar surface area (TPSA) is 35.5 Å². The highest BCUT2D eigenvalue weighted by Gasteiger charge is 2.31. The summed E-state index contributed by atoms with van der Waals surface area (Å²) in [6, 6.07) is 0. The van der Waals surface area contributed by atoms with Crippen LogP contribution in [0, 0.1) is 0 Å². The van der Waals surface area contributed by atoms with Crippen LogP contribution in [0.15, 0.2) is 0 Å². The fraction of sp³-hybridized carbons (Fsp3) is 1.00. The van der Waals surface area contributed by atoms with Crippen LogP contribution in [-0.2, 0) is 0 Å². The number of nitrogens with zero attached hydrogens (tertiary/aromatic N) is 1. The van der Waals surface area contributed by atoms with Gasteiger partial charge in [-0.2, -0.15) is 0 Å². The molecule has 0 radical (unpaired) electrons. The third-order valence-electron chi connectivity index (χ3n) is 3.25. The maximum absolute atomic E-state index is 10.3. The van der Waals surface area contributed by atoms with Crippen LogP contribution >= 0.6 is 0 Å². The lowest BCUT2D eigenvalue weighted by molar-refractivity contribution is 0.0165. The molecular formula is C13H28N2O. The van der Waals surface area contributed by atoms with Crippen molar-refractivity contribution >= 4 is 0 Å². The van der Waals surface area contributed by atoms with Crippen LogP contribution in [-0.4, -0.2) is 47.8 Å². The maximum Gasteiger partial charge on any atom is 0.0774 e. The van der Waals surface area contributed by atoms with Gasteiger partial charge in [-0.1, -0.05) is 12.8 Å². The third-order valence-corrected chi connectivity index (χ3v) is 3.25. The first-order valence-electron chi connectivity index (χ1n) is 6.47. The average Bonchev–Trinajstić information content (AvgIpc) is 2.49. The molecule has 3 nitrogen and oxygen atoms in total. The largest absolute Gasteiger partial charge is 0.389 e. The van der Waals surface area contributed by atoms with Gasteiger partial charge >= 0.3 is 0 Å². The first-order chi connectivity index (χ1) is 7.31. The van der Waals surface area contributed by atoms with Gasteiger partial charge in [0.25, 0.3) is 0 Å². The second-order valence-electron chi connectivity index (χ2n) is 6.35. The summed E-state index contributed by atoms with van der Waals surface area (Å²) in [6.07, 6.45) is 4.32. The molecule has 0 aromatic rings. The maximum atomic E-state index is 10.3. The molecule has 0 aromatic carbocycles. The summed E-state index contributed by atoms with van der Waals surface area (Å²) in [6.45, 7) is 9.33. The molecule has 0 heterocycles. The van der Waals surface area contributed by atoms with E-state index in [0.29, 0.717) is 0 Å². The molecular weight excluding hydrogens is 200 g/mol. The molecule has 0 saturated heterocycles. The first-order valence-corrected chi connectivity index (χ1v) is 6.47. The molecule has 0 spiro atoms. The van der Waals surface area contributed by atoms with Crippen LogP contribution in [0.1, 0.15) is 46.5 Å². The van der Waals surface area contributed by atoms with Gasteiger partial charge < -0.3 is 15.3 Å². The van der Waals surface area contributed by atoms with Crippen molar-refractivity contribution in [2.45, 2.75) is 57.6 Å². The summed E-state index contributed by atoms with van der Waals surface area (Å²) in [4.78, 5) is 2.24. The van der Waals surface area contributed by atoms with Crippen LogP contribution in [0.3, 0.4) is 0 Å². The molecule has 0 amide bonds. The Morgan fingerprint density at radius 2 is 1.81 bits per heavy atom. The summed E-state index contributed by atoms with van der Waals surface area (Å²) in [5.74, 6) is 0. The molecule has 1 rings (SSSR count). The van der Waals surface area contributed by atoms with E-state index >= 15 is 0 Å². The SMILES string of the molecule is CN(CCNC(C)(C)C)CC1(O)CCCC1. The quantitative estimate of drug-likeness (QED) is 0.750. The summed E-state index contributed by atoms with van der Waals surface area (Å²) in [5, 5.41) is 13.7. The molecule has 16 heavy (non-hydrogen) atoms. The van der Waals surface area contributed by atoms with Gasteiger partial charge in [0.2, 0.25) is 0 Å². The Morgan fingerprint density at radius 3 is 2.31 bits per heavy atom. The lowest BCUT2D eigenvalue weighted by atomic mass is 10.0. The third kappa shape index (κ3) is 5.28. The molecule has 0 aromatic heterocycles. The zero-order valence-electron chi connectivity index (χ0n) is 11.3. The van der Waals surface area contributed by atoms with Crippen molar-refractivity contribution < 1.29 is 5.11 Å². The normalized spacial score (nSPS) is 20.6. The molecule has 0 unspecified atom stereocenters. The number of hydrogen-bond donors (Lipinski definition) is 2. The van der Waals surface area contributed by atoms with Gasteiger partial charge in [-0.05, 0) is 40.7 Å². The second-order valence-corrected chi connectivity index (χ2v) is 6.35. The van der Waals surface area contributed by atoms with Crippen molar-refractivity contribution in [1.29, 1.82) is 0 Å². The highest BCUT2D eigenvalue weighted by atomic mass is 16.3. The van der Waals surface area contributed by atoms with Crippen LogP contribution in [0.2, 0.25) is 0 Å². The van der Waals surface area contributed by atoms with E-state index in [2.05, 4.69) is 38.0 Å². The fourth-order valence-corrected chi connectivity index (χ4v) is 2.39. The highest BCUT2D eigenvalue weighted by Crippen LogP contribution is 2.29. The van der Waals surface area contributed by atoms with E-state index < -0.39 is 5.60 Å². The van der Waals surface area contributed by atoms with Gasteiger partial charge in [-0.3, -0.25) is 0 Å². The van der Waals surface area contributed by atoms with Crippen molar-refractivity contribution in [2.75, 3.05) is 26.7 Å². The van der Waals surface area contributed by atoms with Crippen molar-refractivity contribution in [3.05, 3.63) is 0 Å². The minimum atomic E-state index is -0.406. The van der Waals surface area contributed by atoms with E-state index in [-0.39, 0.29) is 5.54 Å². The monoisotopic (exact) mass is 228 g/mol. The van der Waals surface area contributed by atoms with Crippen LogP contribution in [0.25, 0.3) is 0 Å². The molecule has 0 aliphatic heterocycles. The van der Waals surface area contributed by atoms with Crippen molar-refractivity contribution in [2.24, 2.45) is 0 Å². The van der Waals surface area contributed by atoms with Crippen molar-refractivity contribution in [3.63, 3.8) is 0 Å². The molecule has 1 aliphatic carbocycles. The molecule has 1 saturated carbocycles. The molecule has 96 valence electrons. The number of aliphatic hydroxyl groups is 1. The summed E-state index contributed by atoms with van der Waals surface area (Å²) in [5.41, 5.74) is -0.221. The predicted molar refractivity (Wildman–Crippen MR) is 68.7 cm³/mol. The van der Waals surface area contributed by atoms with Crippen LogP contribution in [0.5, 0.6) is 0 Å². The van der Waals surface area contributed by atoms with Gasteiger partial charge in [0, 0.05) is 25.2 Å². The molecule has 1 aliphatic rings. The van der Waals surface area contributed by atoms with E-state index in [1.54, 1.807) is 0 Å². The van der Waals surface area contributed by atoms with Crippen LogP contribution < -0.4 is 5.32 Å². The first kappa shape index (κ1) is 13.9. The molecule has 0 bridgehead atoms. The van der Waals surface area contributed by atoms with Gasteiger partial charge in [0.15, 0.2) is 0 Å². The minimum Gasteiger partial charge on any atom is -0.389 e. The molecule has 0 atom stereocenters. The summed E-state index contributed by atoms with van der Waals surface area (Å²) in [7, 11) is 2.10. The fourth-order valence-electron chi connectivity index (χ4n) is 2.39. The van der Waals surface area contributed by atoms with Gasteiger partial charge in [-0.25, -0.2) is 0 Å². The Balaban J connectivity index is 2.18. The Hall–Kier alpha value is -0.120. The average molecular weight is 228 g/mol. The molecule has 2 N–H and O–H groups in total. The van der Waals surface area contributed by atoms with Gasteiger partial charge in [0.1, 0.15) is 0 Å². The zero-order valence-corrected chi connectivity index (χ0v) is 11.3. The molecule has 3 heteroatoms. The van der Waals surface area contributed by atoms with Crippen LogP contribution in [0.4, 0.5) is 0 Å². The second kappa shape index (κ2) is 5.48. The number of rotatable bonds is 5. The smallest absolute Gasteiger partial charge is 0.0774 e. The molecule has 1 fully saturated rings. The summed E-state index contributed by atoms with van der Waals surface area (Å²) >= 11 is 0. The predicted octanol–water partition coefficient (Wildman–Crippen LogP) is 1.61. The number of hydrogen-bond acceptors (Lipinski definition) is 3. The Kier molecular flexibility index (Phi) is 4.77. The van der Waals surface area contributed by atoms with E-state index in [4.69, 9.17) is 0 Å². The number of likely N-dealkylation sites (N-methyl/N-ethyl adjacent to an activating group) is 1. The number of nitrogens with one attached hydrogen (secondary N) is 1. The van der Waals surface area contributed by atoms with E-state index in [9.17, 15) is 5.11 Å². The highest BCUT2D eigenvalue weighted by molar-refractivity contribution is 4.86. The van der Waals surface area contributed by atoms with E-state index in [1.165, 1.54) is 12.8 Å². The lowest BCUT2D eigenvalue weighted by Crippen LogP contribution is -2.44. The zero-order chi connectivity index (χ0) is 12.2. The van der Waals surface area contributed by atoms with Gasteiger partial charge in [0.05, 0.1) is 5.60 Å². The Morgan fingerprint density at radius 1 is 1.25 bits per heavy atom. The van der Waals surface area contributed by atoms with Crippen molar-refractivity contribution in [3.8, 4) is 0 Å². The lowest BCUT2D eigenvalue weighted by Gasteiger charge is -2.29. The van der Waals surface area contributed by atoms with Gasteiger partial charge in [-0.15, -0.1) is 0 Å². The van der Waals surface area contributed by atoms with Crippen molar-refractivity contribution in [1.82, 2.24) is 10.2 Å². The standard InChI is InChI=1S/C13H28N2O/c1-12(2,3)14-9-10-15(4)11-13(16)7-5-6-8-13/h14,16H,5-11H2,1-4H3. The Bertz CT molecular complexity index is 204.